The van der Waals surface area contributed by atoms with Crippen molar-refractivity contribution in [1.82, 2.24) is 9.29 Å². The number of ether oxygens (including phenoxy) is 1. The van der Waals surface area contributed by atoms with Gasteiger partial charge >= 0.3 is 0 Å². The van der Waals surface area contributed by atoms with Crippen LogP contribution in [-0.2, 0) is 16.4 Å². The van der Waals surface area contributed by atoms with Crippen LogP contribution in [0.3, 0.4) is 0 Å². The molecule has 0 saturated carbocycles. The fourth-order valence-corrected chi connectivity index (χ4v) is 4.05. The van der Waals surface area contributed by atoms with Crippen LogP contribution in [0.4, 0.5) is 0 Å². The highest BCUT2D eigenvalue weighted by molar-refractivity contribution is 7.89. The van der Waals surface area contributed by atoms with Gasteiger partial charge < -0.3 is 4.74 Å². The Balaban J connectivity index is 1.50. The summed E-state index contributed by atoms with van der Waals surface area (Å²) >= 11 is 0. The number of hydrogen-bond acceptors (Lipinski definition) is 4. The molecule has 0 spiro atoms. The number of hydrogen-bond donors (Lipinski definition) is 0. The second-order valence-electron chi connectivity index (χ2n) is 5.74. The van der Waals surface area contributed by atoms with Crippen molar-refractivity contribution in [2.75, 3.05) is 18.8 Å². The molecule has 2 aromatic rings. The van der Waals surface area contributed by atoms with Crippen LogP contribution < -0.4 is 4.74 Å². The van der Waals surface area contributed by atoms with Crippen molar-refractivity contribution in [3.8, 4) is 5.75 Å². The summed E-state index contributed by atoms with van der Waals surface area (Å²) in [6, 6.07) is 13.3. The molecule has 0 bridgehead atoms. The highest BCUT2D eigenvalue weighted by Crippen LogP contribution is 2.21. The summed E-state index contributed by atoms with van der Waals surface area (Å²) in [5, 5.41) is 0. The molecule has 122 valence electrons. The average molecular weight is 332 g/mol. The number of pyridine rings is 1. The Hall–Kier alpha value is -1.92. The summed E-state index contributed by atoms with van der Waals surface area (Å²) in [7, 11) is -3.21. The molecule has 1 aliphatic rings. The fourth-order valence-electron chi connectivity index (χ4n) is 2.51. The summed E-state index contributed by atoms with van der Waals surface area (Å²) in [5.41, 5.74) is 1.92. The van der Waals surface area contributed by atoms with Gasteiger partial charge in [-0.25, -0.2) is 8.42 Å². The van der Waals surface area contributed by atoms with Crippen molar-refractivity contribution in [3.63, 3.8) is 0 Å². The monoisotopic (exact) mass is 332 g/mol. The van der Waals surface area contributed by atoms with Gasteiger partial charge in [-0.3, -0.25) is 4.98 Å². The molecule has 1 saturated heterocycles. The van der Waals surface area contributed by atoms with E-state index in [9.17, 15) is 8.42 Å². The SMILES string of the molecule is Cc1cc(OC2CN(S(=O)(=O)CCc3ccccc3)C2)ccn1. The number of rotatable bonds is 6. The summed E-state index contributed by atoms with van der Waals surface area (Å²) in [5.74, 6) is 0.877. The molecule has 1 aromatic heterocycles. The van der Waals surface area contributed by atoms with Gasteiger partial charge in [0.2, 0.25) is 10.0 Å². The Kier molecular flexibility index (Phi) is 4.63. The molecule has 23 heavy (non-hydrogen) atoms. The van der Waals surface area contributed by atoms with Gasteiger partial charge in [0.15, 0.2) is 0 Å². The first-order chi connectivity index (χ1) is 11.0. The number of aryl methyl sites for hydroxylation is 2. The average Bonchev–Trinajstić information content (AvgIpc) is 2.49. The number of benzene rings is 1. The Morgan fingerprint density at radius 3 is 2.65 bits per heavy atom. The molecule has 0 radical (unpaired) electrons. The molecule has 1 aromatic carbocycles. The van der Waals surface area contributed by atoms with Crippen LogP contribution in [0.15, 0.2) is 48.7 Å². The van der Waals surface area contributed by atoms with Gasteiger partial charge in [0.25, 0.3) is 0 Å². The third-order valence-electron chi connectivity index (χ3n) is 3.87. The van der Waals surface area contributed by atoms with E-state index in [1.165, 1.54) is 4.31 Å². The summed E-state index contributed by atoms with van der Waals surface area (Å²) in [4.78, 5) is 4.11. The molecule has 0 atom stereocenters. The molecule has 2 heterocycles. The zero-order chi connectivity index (χ0) is 16.3. The van der Waals surface area contributed by atoms with E-state index in [-0.39, 0.29) is 11.9 Å². The maximum atomic E-state index is 12.3. The van der Waals surface area contributed by atoms with E-state index in [0.29, 0.717) is 19.5 Å². The molecule has 1 fully saturated rings. The molecule has 0 amide bonds. The van der Waals surface area contributed by atoms with Gasteiger partial charge in [-0.15, -0.1) is 0 Å². The summed E-state index contributed by atoms with van der Waals surface area (Å²) in [6.07, 6.45) is 2.15. The molecule has 0 aliphatic carbocycles. The van der Waals surface area contributed by atoms with Crippen molar-refractivity contribution in [3.05, 3.63) is 59.9 Å². The van der Waals surface area contributed by atoms with Gasteiger partial charge in [0, 0.05) is 18.0 Å². The molecular weight excluding hydrogens is 312 g/mol. The normalized spacial score (nSPS) is 16.0. The van der Waals surface area contributed by atoms with Crippen molar-refractivity contribution >= 4 is 10.0 Å². The zero-order valence-corrected chi connectivity index (χ0v) is 13.9. The van der Waals surface area contributed by atoms with Crippen molar-refractivity contribution in [2.45, 2.75) is 19.4 Å². The molecule has 0 unspecified atom stereocenters. The van der Waals surface area contributed by atoms with Crippen molar-refractivity contribution in [1.29, 1.82) is 0 Å². The maximum absolute atomic E-state index is 12.3. The van der Waals surface area contributed by atoms with E-state index in [1.807, 2.05) is 43.3 Å². The minimum Gasteiger partial charge on any atom is -0.488 e. The van der Waals surface area contributed by atoms with Crippen LogP contribution in [-0.4, -0.2) is 42.7 Å². The van der Waals surface area contributed by atoms with E-state index in [1.54, 1.807) is 12.3 Å². The molecule has 6 heteroatoms. The van der Waals surface area contributed by atoms with E-state index in [2.05, 4.69) is 4.98 Å². The first-order valence-corrected chi connectivity index (χ1v) is 9.25. The minimum atomic E-state index is -3.21. The highest BCUT2D eigenvalue weighted by atomic mass is 32.2. The minimum absolute atomic E-state index is 0.0803. The Morgan fingerprint density at radius 2 is 1.96 bits per heavy atom. The van der Waals surface area contributed by atoms with Gasteiger partial charge in [0.05, 0.1) is 18.8 Å². The second-order valence-corrected chi connectivity index (χ2v) is 7.83. The fraction of sp³-hybridized carbons (Fsp3) is 0.353. The van der Waals surface area contributed by atoms with Gasteiger partial charge in [-0.1, -0.05) is 30.3 Å². The maximum Gasteiger partial charge on any atom is 0.214 e. The van der Waals surface area contributed by atoms with E-state index in [0.717, 1.165) is 17.0 Å². The second kappa shape index (κ2) is 6.68. The Labute approximate surface area is 137 Å². The summed E-state index contributed by atoms with van der Waals surface area (Å²) in [6.45, 7) is 2.73. The standard InChI is InChI=1S/C17H20N2O3S/c1-14-11-16(7-9-18-14)22-17-12-19(13-17)23(20,21)10-8-15-5-3-2-4-6-15/h2-7,9,11,17H,8,10,12-13H2,1H3. The number of sulfonamides is 1. The molecular formula is C17H20N2O3S. The Bertz CT molecular complexity index is 756. The largest absolute Gasteiger partial charge is 0.488 e. The lowest BCUT2D eigenvalue weighted by molar-refractivity contribution is 0.0761. The lowest BCUT2D eigenvalue weighted by Gasteiger charge is -2.37. The van der Waals surface area contributed by atoms with E-state index >= 15 is 0 Å². The molecule has 5 nitrogen and oxygen atoms in total. The topological polar surface area (TPSA) is 59.5 Å². The number of aromatic nitrogens is 1. The van der Waals surface area contributed by atoms with E-state index in [4.69, 9.17) is 4.74 Å². The molecule has 1 aliphatic heterocycles. The van der Waals surface area contributed by atoms with E-state index < -0.39 is 10.0 Å². The predicted octanol–water partition coefficient (Wildman–Crippen LogP) is 2.03. The Morgan fingerprint density at radius 1 is 1.22 bits per heavy atom. The first-order valence-electron chi connectivity index (χ1n) is 7.64. The lowest BCUT2D eigenvalue weighted by Crippen LogP contribution is -2.56. The highest BCUT2D eigenvalue weighted by Gasteiger charge is 2.36. The molecule has 3 rings (SSSR count). The third-order valence-corrected chi connectivity index (χ3v) is 5.68. The van der Waals surface area contributed by atoms with Gasteiger partial charge in [0.1, 0.15) is 11.9 Å². The quantitative estimate of drug-likeness (QED) is 0.812. The van der Waals surface area contributed by atoms with Crippen LogP contribution in [0, 0.1) is 6.92 Å². The van der Waals surface area contributed by atoms with Crippen molar-refractivity contribution < 1.29 is 13.2 Å². The molecule has 0 N–H and O–H groups in total. The van der Waals surface area contributed by atoms with Crippen molar-refractivity contribution in [2.24, 2.45) is 0 Å². The van der Waals surface area contributed by atoms with Crippen LogP contribution in [0.25, 0.3) is 0 Å². The van der Waals surface area contributed by atoms with Crippen LogP contribution in [0.1, 0.15) is 11.3 Å². The predicted molar refractivity (Wildman–Crippen MR) is 88.9 cm³/mol. The third kappa shape index (κ3) is 4.09. The zero-order valence-electron chi connectivity index (χ0n) is 13.1. The van der Waals surface area contributed by atoms with Gasteiger partial charge in [-0.05, 0) is 25.0 Å². The van der Waals surface area contributed by atoms with Gasteiger partial charge in [-0.2, -0.15) is 4.31 Å². The smallest absolute Gasteiger partial charge is 0.214 e. The van der Waals surface area contributed by atoms with Crippen LogP contribution in [0.5, 0.6) is 5.75 Å². The number of nitrogens with zero attached hydrogens (tertiary/aromatic N) is 2. The summed E-state index contributed by atoms with van der Waals surface area (Å²) < 4.78 is 31.9. The van der Waals surface area contributed by atoms with Crippen LogP contribution >= 0.6 is 0 Å². The first kappa shape index (κ1) is 16.0. The van der Waals surface area contributed by atoms with Crippen LogP contribution in [0.2, 0.25) is 0 Å². The lowest BCUT2D eigenvalue weighted by atomic mass is 10.2.